The van der Waals surface area contributed by atoms with Crippen LogP contribution in [-0.2, 0) is 17.5 Å². The Kier molecular flexibility index (Phi) is 10.6. The van der Waals surface area contributed by atoms with Gasteiger partial charge in [-0.1, -0.05) is 68.0 Å². The van der Waals surface area contributed by atoms with Gasteiger partial charge >= 0.3 is 7.82 Å². The topological polar surface area (TPSA) is 137 Å². The highest BCUT2D eigenvalue weighted by atomic mass is 35.5. The Morgan fingerprint density at radius 1 is 0.800 bits per heavy atom. The maximum absolute atomic E-state index is 13.2. The number of hydrogen-bond donors (Lipinski definition) is 5. The monoisotopic (exact) mass is 647 g/mol. The highest BCUT2D eigenvalue weighted by molar-refractivity contribution is 7.46. The Balaban J connectivity index is 1.27. The molecule has 0 bridgehead atoms. The smallest absolute Gasteiger partial charge is 0.404 e. The van der Waals surface area contributed by atoms with Crippen molar-refractivity contribution in [1.82, 2.24) is 0 Å². The molecule has 0 saturated heterocycles. The van der Waals surface area contributed by atoms with Crippen molar-refractivity contribution in [2.45, 2.75) is 45.1 Å². The van der Waals surface area contributed by atoms with E-state index < -0.39 is 7.82 Å². The minimum atomic E-state index is -4.72. The van der Waals surface area contributed by atoms with Gasteiger partial charge in [0, 0.05) is 45.8 Å². The number of phosphoric ester groups is 1. The van der Waals surface area contributed by atoms with Crippen LogP contribution in [0.4, 0.5) is 17.1 Å². The number of benzene rings is 4. The molecule has 4 aromatic carbocycles. The van der Waals surface area contributed by atoms with Gasteiger partial charge in [0.05, 0.1) is 0 Å². The normalized spacial score (nSPS) is 13.6. The lowest BCUT2D eigenvalue weighted by molar-refractivity contribution is 0.101. The Morgan fingerprint density at radius 3 is 2.13 bits per heavy atom. The second kappa shape index (κ2) is 14.8. The molecule has 234 valence electrons. The third-order valence-electron chi connectivity index (χ3n) is 7.70. The number of amides is 2. The number of anilines is 3. The molecule has 0 spiro atoms. The van der Waals surface area contributed by atoms with Crippen molar-refractivity contribution in [3.63, 3.8) is 0 Å². The molecule has 45 heavy (non-hydrogen) atoms. The van der Waals surface area contributed by atoms with Crippen LogP contribution in [0.2, 0.25) is 5.02 Å². The second-order valence-corrected chi connectivity index (χ2v) is 12.8. The van der Waals surface area contributed by atoms with E-state index in [4.69, 9.17) is 21.4 Å². The molecular weight excluding hydrogens is 613 g/mol. The Bertz CT molecular complexity index is 1700. The zero-order valence-corrected chi connectivity index (χ0v) is 26.2. The number of carbonyl (C=O) groups is 2. The molecule has 0 radical (unpaired) electrons. The molecule has 1 saturated carbocycles. The lowest BCUT2D eigenvalue weighted by Gasteiger charge is -2.23. The van der Waals surface area contributed by atoms with Gasteiger partial charge in [0.15, 0.2) is 0 Å². The molecule has 9 nitrogen and oxygen atoms in total. The molecule has 0 aromatic heterocycles. The van der Waals surface area contributed by atoms with Crippen LogP contribution in [0, 0.1) is 5.92 Å². The van der Waals surface area contributed by atoms with Gasteiger partial charge in [-0.05, 0) is 84.1 Å². The number of halogens is 1. The summed E-state index contributed by atoms with van der Waals surface area (Å²) in [5.41, 5.74) is 4.98. The zero-order valence-electron chi connectivity index (χ0n) is 24.5. The molecule has 1 aliphatic carbocycles. The van der Waals surface area contributed by atoms with Gasteiger partial charge in [0.1, 0.15) is 5.75 Å². The Morgan fingerprint density at radius 2 is 1.44 bits per heavy atom. The SMILES string of the molecule is O=C(Nc1cccc(Cl)c1)c1ccc(CNc2ccc(C(=O)Nc3cccc(OP(=O)(O)O)c3)cc2CC2CCCCC2)cc1. The van der Waals surface area contributed by atoms with E-state index in [9.17, 15) is 14.2 Å². The third kappa shape index (κ3) is 9.67. The van der Waals surface area contributed by atoms with Crippen LogP contribution >= 0.6 is 19.4 Å². The van der Waals surface area contributed by atoms with E-state index in [2.05, 4.69) is 20.5 Å². The molecule has 5 rings (SSSR count). The number of nitrogens with one attached hydrogen (secondary N) is 3. The van der Waals surface area contributed by atoms with Crippen LogP contribution in [0.3, 0.4) is 0 Å². The van der Waals surface area contributed by atoms with E-state index in [0.29, 0.717) is 40.0 Å². The summed E-state index contributed by atoms with van der Waals surface area (Å²) in [7, 11) is -4.72. The molecule has 0 unspecified atom stereocenters. The van der Waals surface area contributed by atoms with Gasteiger partial charge in [-0.3, -0.25) is 19.4 Å². The average Bonchev–Trinajstić information content (AvgIpc) is 3.00. The summed E-state index contributed by atoms with van der Waals surface area (Å²) in [6, 6.07) is 25.9. The number of hydrogen-bond acceptors (Lipinski definition) is 5. The molecule has 4 aromatic rings. The molecule has 1 aliphatic rings. The van der Waals surface area contributed by atoms with E-state index in [1.165, 1.54) is 31.4 Å². The fraction of sp³-hybridized carbons (Fsp3) is 0.235. The minimum absolute atomic E-state index is 0.0477. The highest BCUT2D eigenvalue weighted by Gasteiger charge is 2.19. The van der Waals surface area contributed by atoms with Crippen molar-refractivity contribution in [3.05, 3.63) is 118 Å². The molecule has 11 heteroatoms. The minimum Gasteiger partial charge on any atom is -0.404 e. The van der Waals surface area contributed by atoms with E-state index in [1.54, 1.807) is 54.6 Å². The largest absolute Gasteiger partial charge is 0.524 e. The van der Waals surface area contributed by atoms with Crippen molar-refractivity contribution in [2.75, 3.05) is 16.0 Å². The van der Waals surface area contributed by atoms with Crippen LogP contribution in [0.5, 0.6) is 5.75 Å². The third-order valence-corrected chi connectivity index (χ3v) is 8.38. The summed E-state index contributed by atoms with van der Waals surface area (Å²) in [6.45, 7) is 0.533. The maximum Gasteiger partial charge on any atom is 0.524 e. The molecule has 0 atom stereocenters. The summed E-state index contributed by atoms with van der Waals surface area (Å²) in [5.74, 6) is -0.0716. The maximum atomic E-state index is 13.2. The van der Waals surface area contributed by atoms with E-state index in [-0.39, 0.29) is 17.6 Å². The van der Waals surface area contributed by atoms with Gasteiger partial charge in [-0.15, -0.1) is 0 Å². The van der Waals surface area contributed by atoms with Crippen LogP contribution in [-0.4, -0.2) is 21.6 Å². The van der Waals surface area contributed by atoms with Crippen molar-refractivity contribution < 1.29 is 28.5 Å². The highest BCUT2D eigenvalue weighted by Crippen LogP contribution is 2.38. The first kappa shape index (κ1) is 32.3. The number of carbonyl (C=O) groups excluding carboxylic acids is 2. The lowest BCUT2D eigenvalue weighted by Crippen LogP contribution is -2.15. The van der Waals surface area contributed by atoms with Gasteiger partial charge in [0.25, 0.3) is 11.8 Å². The predicted octanol–water partition coefficient (Wildman–Crippen LogP) is 8.05. The summed E-state index contributed by atoms with van der Waals surface area (Å²) < 4.78 is 15.8. The van der Waals surface area contributed by atoms with Crippen molar-refractivity contribution in [3.8, 4) is 5.75 Å². The molecule has 0 aliphatic heterocycles. The lowest BCUT2D eigenvalue weighted by atomic mass is 9.84. The summed E-state index contributed by atoms with van der Waals surface area (Å²) in [5, 5.41) is 9.72. The average molecular weight is 648 g/mol. The fourth-order valence-electron chi connectivity index (χ4n) is 5.49. The van der Waals surface area contributed by atoms with Gasteiger partial charge < -0.3 is 20.5 Å². The van der Waals surface area contributed by atoms with Gasteiger partial charge in [-0.2, -0.15) is 0 Å². The van der Waals surface area contributed by atoms with E-state index in [1.807, 2.05) is 24.3 Å². The zero-order chi connectivity index (χ0) is 31.8. The molecule has 2 amide bonds. The molecule has 5 N–H and O–H groups in total. The first-order valence-corrected chi connectivity index (χ1v) is 16.7. The fourth-order valence-corrected chi connectivity index (χ4v) is 6.07. The van der Waals surface area contributed by atoms with E-state index >= 15 is 0 Å². The second-order valence-electron chi connectivity index (χ2n) is 11.2. The van der Waals surface area contributed by atoms with Crippen molar-refractivity contribution in [1.29, 1.82) is 0 Å². The Labute approximate surface area is 267 Å². The summed E-state index contributed by atoms with van der Waals surface area (Å²) >= 11 is 6.02. The summed E-state index contributed by atoms with van der Waals surface area (Å²) in [6.07, 6.45) is 6.82. The van der Waals surface area contributed by atoms with Crippen LogP contribution in [0.15, 0.2) is 91.0 Å². The van der Waals surface area contributed by atoms with Gasteiger partial charge in [-0.25, -0.2) is 4.57 Å². The first-order valence-electron chi connectivity index (χ1n) is 14.8. The number of phosphoric acid groups is 1. The molecule has 0 heterocycles. The van der Waals surface area contributed by atoms with E-state index in [0.717, 1.165) is 36.1 Å². The van der Waals surface area contributed by atoms with Crippen LogP contribution in [0.25, 0.3) is 0 Å². The Hall–Kier alpha value is -4.14. The van der Waals surface area contributed by atoms with Crippen LogP contribution < -0.4 is 20.5 Å². The van der Waals surface area contributed by atoms with Crippen molar-refractivity contribution in [2.24, 2.45) is 5.92 Å². The predicted molar refractivity (Wildman–Crippen MR) is 177 cm³/mol. The number of rotatable bonds is 11. The first-order chi connectivity index (χ1) is 21.6. The van der Waals surface area contributed by atoms with Crippen LogP contribution in [0.1, 0.15) is 63.9 Å². The van der Waals surface area contributed by atoms with Gasteiger partial charge in [0.2, 0.25) is 0 Å². The molecular formula is C34H35ClN3O6P. The van der Waals surface area contributed by atoms with Crippen molar-refractivity contribution >= 4 is 48.3 Å². The molecule has 1 fully saturated rings. The quantitative estimate of drug-likeness (QED) is 0.104. The summed E-state index contributed by atoms with van der Waals surface area (Å²) in [4.78, 5) is 44.1. The standard InChI is InChI=1S/C34H35ClN3O6P/c35-28-8-4-9-29(20-28)37-33(39)25-14-12-24(13-15-25)22-36-32-17-16-26(19-27(32)18-23-6-2-1-3-7-23)34(40)38-30-10-5-11-31(21-30)44-45(41,42)43/h4-5,8-17,19-21,23,36H,1-3,6-7,18,22H2,(H,37,39)(H,38,40)(H2,41,42,43).